The van der Waals surface area contributed by atoms with E-state index in [1.54, 1.807) is 24.4 Å². The van der Waals surface area contributed by atoms with E-state index >= 15 is 0 Å². The molecule has 0 saturated carbocycles. The molecule has 5 heteroatoms. The quantitative estimate of drug-likeness (QED) is 0.578. The van der Waals surface area contributed by atoms with Gasteiger partial charge in [-0.2, -0.15) is 0 Å². The Bertz CT molecular complexity index is 346. The molecule has 2 N–H and O–H groups in total. The molecule has 1 heterocycles. The lowest BCUT2D eigenvalue weighted by Gasteiger charge is -1.97. The van der Waals surface area contributed by atoms with Crippen LogP contribution in [0.15, 0.2) is 18.3 Å². The van der Waals surface area contributed by atoms with E-state index in [1.165, 1.54) is 11.3 Å². The summed E-state index contributed by atoms with van der Waals surface area (Å²) in [5.74, 6) is -0.894. The van der Waals surface area contributed by atoms with Gasteiger partial charge in [-0.25, -0.2) is 4.79 Å². The van der Waals surface area contributed by atoms with Crippen molar-refractivity contribution in [3.05, 3.63) is 28.1 Å². The molecule has 1 aromatic rings. The van der Waals surface area contributed by atoms with E-state index in [4.69, 9.17) is 9.94 Å². The van der Waals surface area contributed by atoms with Gasteiger partial charge in [-0.05, 0) is 24.6 Å². The molecule has 0 aliphatic carbocycles. The number of carbonyl (C=O) groups is 1. The molecule has 4 nitrogen and oxygen atoms in total. The smallest absolute Gasteiger partial charge is 0.345 e. The third-order valence-corrected chi connectivity index (χ3v) is 2.58. The van der Waals surface area contributed by atoms with Gasteiger partial charge in [0.2, 0.25) is 0 Å². The molecule has 0 spiro atoms. The van der Waals surface area contributed by atoms with Crippen LogP contribution in [0.2, 0.25) is 0 Å². The highest BCUT2D eigenvalue weighted by Gasteiger charge is 2.04. The monoisotopic (exact) mass is 227 g/mol. The molecular weight excluding hydrogens is 214 g/mol. The number of hydrogen-bond donors (Lipinski definition) is 2. The van der Waals surface area contributed by atoms with Crippen molar-refractivity contribution < 1.29 is 14.7 Å². The van der Waals surface area contributed by atoms with Gasteiger partial charge in [-0.15, -0.1) is 11.3 Å². The van der Waals surface area contributed by atoms with Crippen molar-refractivity contribution in [3.63, 3.8) is 0 Å². The maximum absolute atomic E-state index is 10.6. The zero-order valence-electron chi connectivity index (χ0n) is 8.40. The topological polar surface area (TPSA) is 58.6 Å². The molecule has 0 fully saturated rings. The lowest BCUT2D eigenvalue weighted by atomic mass is 10.4. The normalized spacial score (nSPS) is 10.7. The van der Waals surface area contributed by atoms with E-state index in [2.05, 4.69) is 5.48 Å². The summed E-state index contributed by atoms with van der Waals surface area (Å²) in [6, 6.07) is 3.34. The SMILES string of the molecule is CCCONC=Cc1ccc(C(=O)O)s1. The Hall–Kier alpha value is -1.33. The molecule has 0 aliphatic heterocycles. The Morgan fingerprint density at radius 2 is 2.47 bits per heavy atom. The standard InChI is InChI=1S/C10H13NO3S/c1-2-7-14-11-6-5-8-3-4-9(15-8)10(12)13/h3-6,11H,2,7H2,1H3,(H,12,13). The van der Waals surface area contributed by atoms with E-state index < -0.39 is 5.97 Å². The van der Waals surface area contributed by atoms with Crippen LogP contribution in [-0.4, -0.2) is 17.7 Å². The highest BCUT2D eigenvalue weighted by atomic mass is 32.1. The van der Waals surface area contributed by atoms with Gasteiger partial charge in [0.15, 0.2) is 0 Å². The first kappa shape index (κ1) is 11.7. The van der Waals surface area contributed by atoms with Crippen molar-refractivity contribution in [2.75, 3.05) is 6.61 Å². The van der Waals surface area contributed by atoms with Crippen molar-refractivity contribution in [1.29, 1.82) is 0 Å². The summed E-state index contributed by atoms with van der Waals surface area (Å²) in [5.41, 5.74) is 2.65. The molecule has 0 radical (unpaired) electrons. The molecule has 0 saturated heterocycles. The van der Waals surface area contributed by atoms with Crippen molar-refractivity contribution in [2.24, 2.45) is 0 Å². The molecule has 0 unspecified atom stereocenters. The summed E-state index contributed by atoms with van der Waals surface area (Å²) in [6.07, 6.45) is 4.36. The minimum absolute atomic E-state index is 0.337. The van der Waals surface area contributed by atoms with Gasteiger partial charge >= 0.3 is 5.97 Å². The molecule has 15 heavy (non-hydrogen) atoms. The first-order chi connectivity index (χ1) is 7.24. The molecule has 1 rings (SSSR count). The second-order valence-electron chi connectivity index (χ2n) is 2.81. The molecule has 0 bridgehead atoms. The van der Waals surface area contributed by atoms with Gasteiger partial charge in [-0.3, -0.25) is 10.3 Å². The summed E-state index contributed by atoms with van der Waals surface area (Å²) >= 11 is 1.22. The summed E-state index contributed by atoms with van der Waals surface area (Å²) in [6.45, 7) is 2.67. The van der Waals surface area contributed by atoms with Crippen LogP contribution < -0.4 is 5.48 Å². The van der Waals surface area contributed by atoms with Gasteiger partial charge in [0.25, 0.3) is 0 Å². The number of hydrogen-bond acceptors (Lipinski definition) is 4. The number of carboxylic acids is 1. The molecule has 1 aromatic heterocycles. The minimum Gasteiger partial charge on any atom is -0.477 e. The summed E-state index contributed by atoms with van der Waals surface area (Å²) in [7, 11) is 0. The van der Waals surface area contributed by atoms with E-state index in [1.807, 2.05) is 6.92 Å². The summed E-state index contributed by atoms with van der Waals surface area (Å²) < 4.78 is 0. The van der Waals surface area contributed by atoms with Crippen molar-refractivity contribution in [2.45, 2.75) is 13.3 Å². The molecule has 0 atom stereocenters. The predicted molar refractivity (Wildman–Crippen MR) is 59.7 cm³/mol. The van der Waals surface area contributed by atoms with Crippen LogP contribution in [0.3, 0.4) is 0 Å². The number of rotatable bonds is 6. The van der Waals surface area contributed by atoms with Crippen molar-refractivity contribution in [1.82, 2.24) is 5.48 Å². The molecule has 0 amide bonds. The fraction of sp³-hybridized carbons (Fsp3) is 0.300. The highest BCUT2D eigenvalue weighted by Crippen LogP contribution is 2.17. The largest absolute Gasteiger partial charge is 0.477 e. The average Bonchev–Trinajstić information content (AvgIpc) is 2.66. The zero-order chi connectivity index (χ0) is 11.1. The molecule has 0 aromatic carbocycles. The summed E-state index contributed by atoms with van der Waals surface area (Å²) in [4.78, 5) is 16.8. The van der Waals surface area contributed by atoms with Crippen molar-refractivity contribution >= 4 is 23.4 Å². The minimum atomic E-state index is -0.894. The van der Waals surface area contributed by atoms with E-state index in [-0.39, 0.29) is 0 Å². The van der Waals surface area contributed by atoms with Crippen LogP contribution in [0.25, 0.3) is 6.08 Å². The molecule has 82 valence electrons. The Morgan fingerprint density at radius 3 is 3.07 bits per heavy atom. The van der Waals surface area contributed by atoms with Crippen molar-refractivity contribution in [3.8, 4) is 0 Å². The Balaban J connectivity index is 2.39. The van der Waals surface area contributed by atoms with Crippen LogP contribution in [0.1, 0.15) is 27.9 Å². The number of aromatic carboxylic acids is 1. The first-order valence-electron chi connectivity index (χ1n) is 4.61. The molecule has 0 aliphatic rings. The maximum Gasteiger partial charge on any atom is 0.345 e. The number of nitrogens with one attached hydrogen (secondary N) is 1. The zero-order valence-corrected chi connectivity index (χ0v) is 9.21. The Labute approximate surface area is 92.1 Å². The third kappa shape index (κ3) is 4.14. The second-order valence-corrected chi connectivity index (χ2v) is 3.92. The van der Waals surface area contributed by atoms with Gasteiger partial charge in [0.05, 0.1) is 6.61 Å². The number of thiophene rings is 1. The maximum atomic E-state index is 10.6. The Morgan fingerprint density at radius 1 is 1.67 bits per heavy atom. The van der Waals surface area contributed by atoms with Gasteiger partial charge < -0.3 is 5.11 Å². The van der Waals surface area contributed by atoms with E-state index in [0.29, 0.717) is 11.5 Å². The third-order valence-electron chi connectivity index (χ3n) is 1.54. The number of carboxylic acid groups (broad SMARTS) is 1. The predicted octanol–water partition coefficient (Wildman–Crippen LogP) is 2.35. The van der Waals surface area contributed by atoms with Gasteiger partial charge in [0, 0.05) is 11.1 Å². The van der Waals surface area contributed by atoms with E-state index in [9.17, 15) is 4.79 Å². The molecular formula is C10H13NO3S. The first-order valence-corrected chi connectivity index (χ1v) is 5.42. The van der Waals surface area contributed by atoms with Crippen LogP contribution in [0.4, 0.5) is 0 Å². The van der Waals surface area contributed by atoms with Crippen LogP contribution >= 0.6 is 11.3 Å². The van der Waals surface area contributed by atoms with Crippen LogP contribution in [-0.2, 0) is 4.84 Å². The average molecular weight is 227 g/mol. The highest BCUT2D eigenvalue weighted by molar-refractivity contribution is 7.14. The van der Waals surface area contributed by atoms with Crippen LogP contribution in [0.5, 0.6) is 0 Å². The van der Waals surface area contributed by atoms with E-state index in [0.717, 1.165) is 11.3 Å². The van der Waals surface area contributed by atoms with Crippen LogP contribution in [0, 0.1) is 0 Å². The summed E-state index contributed by atoms with van der Waals surface area (Å²) in [5, 5.41) is 8.69. The lowest BCUT2D eigenvalue weighted by Crippen LogP contribution is -2.06. The fourth-order valence-corrected chi connectivity index (χ4v) is 1.63. The Kier molecular flexibility index (Phi) is 4.86. The second kappa shape index (κ2) is 6.21. The number of hydroxylamine groups is 1. The van der Waals surface area contributed by atoms with Gasteiger partial charge in [0.1, 0.15) is 4.88 Å². The fourth-order valence-electron chi connectivity index (χ4n) is 0.883. The van der Waals surface area contributed by atoms with Gasteiger partial charge in [-0.1, -0.05) is 6.92 Å². The lowest BCUT2D eigenvalue weighted by molar-refractivity contribution is 0.0702.